The van der Waals surface area contributed by atoms with Crippen molar-refractivity contribution in [3.63, 3.8) is 0 Å². The van der Waals surface area contributed by atoms with E-state index in [1.807, 2.05) is 37.3 Å². The molecule has 1 aliphatic heterocycles. The SMILES string of the molecule is COC1(c2ccc(C)cc2)Oc2ccc([N+](=O)[O-])cc2C=C1[Si](C)(C)C. The number of nitro groups is 1. The van der Waals surface area contributed by atoms with E-state index in [4.69, 9.17) is 9.47 Å². The van der Waals surface area contributed by atoms with Crippen LogP contribution in [0.25, 0.3) is 6.08 Å². The Kier molecular flexibility index (Phi) is 4.50. The normalized spacial score (nSPS) is 19.3. The molecule has 0 saturated carbocycles. The predicted molar refractivity (Wildman–Crippen MR) is 105 cm³/mol. The van der Waals surface area contributed by atoms with E-state index in [1.54, 1.807) is 19.2 Å². The summed E-state index contributed by atoms with van der Waals surface area (Å²) in [4.78, 5) is 10.7. The van der Waals surface area contributed by atoms with E-state index in [2.05, 4.69) is 19.6 Å². The number of rotatable bonds is 4. The fourth-order valence-corrected chi connectivity index (χ4v) is 5.16. The van der Waals surface area contributed by atoms with E-state index >= 15 is 0 Å². The van der Waals surface area contributed by atoms with Gasteiger partial charge in [0.1, 0.15) is 5.75 Å². The van der Waals surface area contributed by atoms with Gasteiger partial charge in [0.15, 0.2) is 0 Å². The highest BCUT2D eigenvalue weighted by atomic mass is 28.3. The minimum atomic E-state index is -1.88. The van der Waals surface area contributed by atoms with Gasteiger partial charge in [-0.25, -0.2) is 0 Å². The van der Waals surface area contributed by atoms with Gasteiger partial charge in [0.2, 0.25) is 0 Å². The molecule has 1 heterocycles. The third kappa shape index (κ3) is 3.06. The Morgan fingerprint density at radius 2 is 1.77 bits per heavy atom. The highest BCUT2D eigenvalue weighted by Crippen LogP contribution is 2.46. The summed E-state index contributed by atoms with van der Waals surface area (Å²) >= 11 is 0. The van der Waals surface area contributed by atoms with Crippen molar-refractivity contribution in [2.24, 2.45) is 0 Å². The number of hydrogen-bond donors (Lipinski definition) is 0. The van der Waals surface area contributed by atoms with Gasteiger partial charge in [0.25, 0.3) is 11.5 Å². The summed E-state index contributed by atoms with van der Waals surface area (Å²) in [5.74, 6) is -0.429. The van der Waals surface area contributed by atoms with E-state index in [0.29, 0.717) is 5.75 Å². The molecule has 1 unspecified atom stereocenters. The lowest BCUT2D eigenvalue weighted by Gasteiger charge is -2.43. The van der Waals surface area contributed by atoms with Gasteiger partial charge in [-0.15, -0.1) is 0 Å². The molecule has 0 fully saturated rings. The number of hydrogen-bond acceptors (Lipinski definition) is 4. The number of ether oxygens (including phenoxy) is 2. The number of fused-ring (bicyclic) bond motifs is 1. The molecule has 0 N–H and O–H groups in total. The van der Waals surface area contributed by atoms with Crippen LogP contribution in [0.3, 0.4) is 0 Å². The molecular formula is C20H23NO4Si. The Labute approximate surface area is 154 Å². The Morgan fingerprint density at radius 3 is 2.31 bits per heavy atom. The van der Waals surface area contributed by atoms with Gasteiger partial charge in [-0.2, -0.15) is 0 Å². The second-order valence-corrected chi connectivity index (χ2v) is 12.6. The first-order chi connectivity index (χ1) is 12.2. The molecule has 5 nitrogen and oxygen atoms in total. The molecular weight excluding hydrogens is 346 g/mol. The highest BCUT2D eigenvalue weighted by molar-refractivity contribution is 6.84. The van der Waals surface area contributed by atoms with Gasteiger partial charge >= 0.3 is 0 Å². The average Bonchev–Trinajstić information content (AvgIpc) is 2.59. The molecule has 1 atom stereocenters. The van der Waals surface area contributed by atoms with Crippen LogP contribution in [0.5, 0.6) is 5.75 Å². The van der Waals surface area contributed by atoms with Crippen LogP contribution in [0.4, 0.5) is 5.69 Å². The Hall–Kier alpha value is -2.44. The zero-order valence-corrected chi connectivity index (χ0v) is 16.7. The zero-order chi connectivity index (χ0) is 19.1. The summed E-state index contributed by atoms with van der Waals surface area (Å²) in [5.41, 5.74) is 2.85. The Bertz CT molecular complexity index is 884. The molecule has 0 saturated heterocycles. The molecule has 0 aromatic heterocycles. The standard InChI is InChI=1S/C20H23NO4Si/c1-14-6-8-16(9-7-14)20(24-2)19(26(3,4)5)13-15-12-17(21(22)23)10-11-18(15)25-20/h6-13H,1-5H3. The zero-order valence-electron chi connectivity index (χ0n) is 15.7. The van der Waals surface area contributed by atoms with Gasteiger partial charge in [-0.3, -0.25) is 10.1 Å². The molecule has 26 heavy (non-hydrogen) atoms. The average molecular weight is 369 g/mol. The molecule has 2 aromatic carbocycles. The lowest BCUT2D eigenvalue weighted by atomic mass is 9.98. The van der Waals surface area contributed by atoms with Crippen LogP contribution in [-0.4, -0.2) is 20.1 Å². The summed E-state index contributed by atoms with van der Waals surface area (Å²) in [5, 5.41) is 12.2. The number of methoxy groups -OCH3 is 1. The number of nitro benzene ring substituents is 1. The lowest BCUT2D eigenvalue weighted by Crippen LogP contribution is -2.47. The first kappa shape index (κ1) is 18.4. The monoisotopic (exact) mass is 369 g/mol. The van der Waals surface area contributed by atoms with Crippen molar-refractivity contribution >= 4 is 19.8 Å². The smallest absolute Gasteiger partial charge is 0.270 e. The van der Waals surface area contributed by atoms with E-state index in [9.17, 15) is 10.1 Å². The summed E-state index contributed by atoms with van der Waals surface area (Å²) < 4.78 is 12.4. The molecule has 1 aliphatic rings. The predicted octanol–water partition coefficient (Wildman–Crippen LogP) is 5.06. The highest BCUT2D eigenvalue weighted by Gasteiger charge is 2.47. The quantitative estimate of drug-likeness (QED) is 0.429. The molecule has 2 aromatic rings. The van der Waals surface area contributed by atoms with Crippen LogP contribution < -0.4 is 4.74 Å². The first-order valence-electron chi connectivity index (χ1n) is 8.50. The van der Waals surface area contributed by atoms with Gasteiger partial charge in [-0.05, 0) is 24.3 Å². The fraction of sp³-hybridized carbons (Fsp3) is 0.300. The lowest BCUT2D eigenvalue weighted by molar-refractivity contribution is -0.384. The van der Waals surface area contributed by atoms with E-state index in [1.165, 1.54) is 6.07 Å². The van der Waals surface area contributed by atoms with Crippen molar-refractivity contribution in [2.75, 3.05) is 7.11 Å². The van der Waals surface area contributed by atoms with Gasteiger partial charge < -0.3 is 9.47 Å². The summed E-state index contributed by atoms with van der Waals surface area (Å²) in [7, 11) is -0.238. The molecule has 0 aliphatic carbocycles. The van der Waals surface area contributed by atoms with Crippen LogP contribution in [0.15, 0.2) is 47.7 Å². The second-order valence-electron chi connectivity index (χ2n) is 7.58. The maximum atomic E-state index is 11.1. The molecule has 6 heteroatoms. The first-order valence-corrected chi connectivity index (χ1v) is 12.0. The molecule has 3 rings (SSSR count). The maximum Gasteiger partial charge on any atom is 0.270 e. The van der Waals surface area contributed by atoms with Gasteiger partial charge in [-0.1, -0.05) is 49.5 Å². The summed E-state index contributed by atoms with van der Waals surface area (Å²) in [6.07, 6.45) is 2.02. The molecule has 0 amide bonds. The van der Waals surface area contributed by atoms with Crippen molar-refractivity contribution < 1.29 is 14.4 Å². The fourth-order valence-electron chi connectivity index (χ4n) is 3.28. The molecule has 0 radical (unpaired) electrons. The minimum Gasteiger partial charge on any atom is -0.454 e. The van der Waals surface area contributed by atoms with Crippen molar-refractivity contribution in [1.29, 1.82) is 0 Å². The van der Waals surface area contributed by atoms with Crippen molar-refractivity contribution in [2.45, 2.75) is 32.4 Å². The van der Waals surface area contributed by atoms with Gasteiger partial charge in [0.05, 0.1) is 13.0 Å². The number of nitrogens with zero attached hydrogens (tertiary/aromatic N) is 1. The van der Waals surface area contributed by atoms with E-state index < -0.39 is 13.9 Å². The van der Waals surface area contributed by atoms with Crippen LogP contribution in [0.1, 0.15) is 16.7 Å². The van der Waals surface area contributed by atoms with Gasteiger partial charge in [0, 0.05) is 30.4 Å². The summed E-state index contributed by atoms with van der Waals surface area (Å²) in [6, 6.07) is 12.8. The largest absolute Gasteiger partial charge is 0.454 e. The van der Waals surface area contributed by atoms with Crippen molar-refractivity contribution in [1.82, 2.24) is 0 Å². The topological polar surface area (TPSA) is 61.6 Å². The van der Waals surface area contributed by atoms with E-state index in [-0.39, 0.29) is 10.6 Å². The van der Waals surface area contributed by atoms with Crippen LogP contribution in [0.2, 0.25) is 19.6 Å². The van der Waals surface area contributed by atoms with Crippen molar-refractivity contribution in [3.05, 3.63) is 74.5 Å². The third-order valence-corrected chi connectivity index (χ3v) is 6.73. The van der Waals surface area contributed by atoms with Crippen LogP contribution >= 0.6 is 0 Å². The minimum absolute atomic E-state index is 0.0544. The second kappa shape index (κ2) is 6.37. The van der Waals surface area contributed by atoms with E-state index in [0.717, 1.165) is 21.9 Å². The Morgan fingerprint density at radius 1 is 1.12 bits per heavy atom. The van der Waals surface area contributed by atoms with Crippen LogP contribution in [0, 0.1) is 17.0 Å². The third-order valence-electron chi connectivity index (χ3n) is 4.64. The number of non-ortho nitro benzene ring substituents is 1. The molecule has 0 spiro atoms. The van der Waals surface area contributed by atoms with Crippen molar-refractivity contribution in [3.8, 4) is 5.75 Å². The van der Waals surface area contributed by atoms with Crippen LogP contribution in [-0.2, 0) is 10.5 Å². The maximum absolute atomic E-state index is 11.1. The number of aryl methyl sites for hydroxylation is 1. The Balaban J connectivity index is 2.24. The number of benzene rings is 2. The summed E-state index contributed by atoms with van der Waals surface area (Å²) in [6.45, 7) is 8.68. The molecule has 136 valence electrons. The molecule has 0 bridgehead atoms.